The van der Waals surface area contributed by atoms with Gasteiger partial charge < -0.3 is 4.90 Å². The first-order valence-electron chi connectivity index (χ1n) is 11.3. The van der Waals surface area contributed by atoms with Crippen LogP contribution < -0.4 is 0 Å². The van der Waals surface area contributed by atoms with E-state index in [2.05, 4.69) is 16.0 Å². The second-order valence-corrected chi connectivity index (χ2v) is 8.37. The number of rotatable bonds is 4. The van der Waals surface area contributed by atoms with Crippen LogP contribution in [0.4, 0.5) is 0 Å². The van der Waals surface area contributed by atoms with E-state index in [4.69, 9.17) is 10.2 Å². The number of aromatic nitrogens is 3. The quantitative estimate of drug-likeness (QED) is 0.437. The van der Waals surface area contributed by atoms with Crippen LogP contribution in [0.1, 0.15) is 40.4 Å². The highest BCUT2D eigenvalue weighted by atomic mass is 16.2. The largest absolute Gasteiger partial charge is 0.338 e. The van der Waals surface area contributed by atoms with Crippen molar-refractivity contribution in [3.05, 3.63) is 102 Å². The molecule has 5 rings (SSSR count). The standard InChI is InChI=1S/C28H23N5O/c29-17-20-8-10-23(11-9-20)28(34)33-16-4-7-24(19-33)26-25(21-12-14-30-15-13-21)18-31-27(32-26)22-5-2-1-3-6-22/h1-3,5-6,8-15,18,24H,4,7,16,19H2. The number of piperidine rings is 1. The van der Waals surface area contributed by atoms with Gasteiger partial charge in [-0.15, -0.1) is 0 Å². The van der Waals surface area contributed by atoms with Gasteiger partial charge in [0, 0.05) is 54.3 Å². The number of hydrogen-bond acceptors (Lipinski definition) is 5. The summed E-state index contributed by atoms with van der Waals surface area (Å²) in [4.78, 5) is 29.0. The summed E-state index contributed by atoms with van der Waals surface area (Å²) in [6.45, 7) is 1.29. The predicted molar refractivity (Wildman–Crippen MR) is 130 cm³/mol. The summed E-state index contributed by atoms with van der Waals surface area (Å²) in [7, 11) is 0. The molecule has 0 saturated carbocycles. The minimum Gasteiger partial charge on any atom is -0.338 e. The van der Waals surface area contributed by atoms with Gasteiger partial charge in [-0.25, -0.2) is 9.97 Å². The zero-order valence-corrected chi connectivity index (χ0v) is 18.6. The number of carbonyl (C=O) groups excluding carboxylic acids is 1. The molecule has 1 fully saturated rings. The Balaban J connectivity index is 1.49. The summed E-state index contributed by atoms with van der Waals surface area (Å²) < 4.78 is 0. The first kappa shape index (κ1) is 21.5. The van der Waals surface area contributed by atoms with Crippen molar-refractivity contribution >= 4 is 5.91 Å². The van der Waals surface area contributed by atoms with E-state index in [-0.39, 0.29) is 11.8 Å². The van der Waals surface area contributed by atoms with Crippen molar-refractivity contribution in [2.24, 2.45) is 0 Å². The lowest BCUT2D eigenvalue weighted by Crippen LogP contribution is -2.39. The van der Waals surface area contributed by atoms with Crippen LogP contribution in [0.3, 0.4) is 0 Å². The lowest BCUT2D eigenvalue weighted by Gasteiger charge is -2.33. The first-order chi connectivity index (χ1) is 16.7. The molecule has 6 nitrogen and oxygen atoms in total. The SMILES string of the molecule is N#Cc1ccc(C(=O)N2CCCC(c3nc(-c4ccccc4)ncc3-c3ccncc3)C2)cc1. The third kappa shape index (κ3) is 4.41. The number of benzene rings is 2. The summed E-state index contributed by atoms with van der Waals surface area (Å²) in [5, 5.41) is 9.04. The molecule has 0 aliphatic carbocycles. The normalized spacial score (nSPS) is 15.5. The summed E-state index contributed by atoms with van der Waals surface area (Å²) in [5.41, 5.74) is 5.05. The van der Waals surface area contributed by atoms with Crippen molar-refractivity contribution in [3.8, 4) is 28.6 Å². The van der Waals surface area contributed by atoms with E-state index in [9.17, 15) is 4.79 Å². The lowest BCUT2D eigenvalue weighted by atomic mass is 9.89. The van der Waals surface area contributed by atoms with E-state index in [1.54, 1.807) is 36.7 Å². The van der Waals surface area contributed by atoms with Gasteiger partial charge in [0.25, 0.3) is 5.91 Å². The molecule has 3 heterocycles. The van der Waals surface area contributed by atoms with Gasteiger partial charge in [0.2, 0.25) is 0 Å². The Labute approximate surface area is 198 Å². The number of carbonyl (C=O) groups is 1. The molecule has 34 heavy (non-hydrogen) atoms. The maximum absolute atomic E-state index is 13.2. The molecule has 0 bridgehead atoms. The summed E-state index contributed by atoms with van der Waals surface area (Å²) in [6, 6.07) is 22.8. The Hall–Kier alpha value is -4.37. The molecular formula is C28H23N5O. The minimum atomic E-state index is -0.0167. The fraction of sp³-hybridized carbons (Fsp3) is 0.179. The van der Waals surface area contributed by atoms with E-state index in [1.165, 1.54) is 0 Å². The van der Waals surface area contributed by atoms with Crippen LogP contribution in [-0.2, 0) is 0 Å². The van der Waals surface area contributed by atoms with Gasteiger partial charge in [-0.2, -0.15) is 5.26 Å². The van der Waals surface area contributed by atoms with Crippen LogP contribution in [0.25, 0.3) is 22.5 Å². The fourth-order valence-corrected chi connectivity index (χ4v) is 4.44. The molecule has 0 radical (unpaired) electrons. The second-order valence-electron chi connectivity index (χ2n) is 8.37. The van der Waals surface area contributed by atoms with Gasteiger partial charge in [0.1, 0.15) is 0 Å². The van der Waals surface area contributed by atoms with Gasteiger partial charge in [-0.05, 0) is 54.8 Å². The predicted octanol–water partition coefficient (Wildman–Crippen LogP) is 5.10. The Morgan fingerprint density at radius 2 is 1.74 bits per heavy atom. The van der Waals surface area contributed by atoms with Crippen molar-refractivity contribution in [1.29, 1.82) is 5.26 Å². The third-order valence-electron chi connectivity index (χ3n) is 6.20. The molecule has 6 heteroatoms. The van der Waals surface area contributed by atoms with Crippen molar-refractivity contribution in [2.75, 3.05) is 13.1 Å². The Kier molecular flexibility index (Phi) is 6.09. The summed E-state index contributed by atoms with van der Waals surface area (Å²) >= 11 is 0. The first-order valence-corrected chi connectivity index (χ1v) is 11.3. The Morgan fingerprint density at radius 3 is 2.47 bits per heavy atom. The number of amides is 1. The van der Waals surface area contributed by atoms with Crippen molar-refractivity contribution in [2.45, 2.75) is 18.8 Å². The van der Waals surface area contributed by atoms with Gasteiger partial charge in [-0.3, -0.25) is 9.78 Å². The molecule has 1 atom stereocenters. The minimum absolute atomic E-state index is 0.0167. The van der Waals surface area contributed by atoms with E-state index >= 15 is 0 Å². The molecule has 2 aromatic carbocycles. The van der Waals surface area contributed by atoms with Crippen LogP contribution in [-0.4, -0.2) is 38.8 Å². The van der Waals surface area contributed by atoms with E-state index in [0.29, 0.717) is 30.0 Å². The Bertz CT molecular complexity index is 1330. The average molecular weight is 446 g/mol. The highest BCUT2D eigenvalue weighted by Crippen LogP contribution is 2.34. The Morgan fingerprint density at radius 1 is 0.971 bits per heavy atom. The zero-order valence-electron chi connectivity index (χ0n) is 18.6. The van der Waals surface area contributed by atoms with Crippen molar-refractivity contribution in [3.63, 3.8) is 0 Å². The molecule has 0 spiro atoms. The van der Waals surface area contributed by atoms with Crippen LogP contribution in [0.2, 0.25) is 0 Å². The maximum atomic E-state index is 13.2. The highest BCUT2D eigenvalue weighted by Gasteiger charge is 2.29. The molecule has 166 valence electrons. The molecule has 0 N–H and O–H groups in total. The fourth-order valence-electron chi connectivity index (χ4n) is 4.44. The van der Waals surface area contributed by atoms with Gasteiger partial charge in [-0.1, -0.05) is 30.3 Å². The van der Waals surface area contributed by atoms with E-state index in [0.717, 1.165) is 35.2 Å². The summed E-state index contributed by atoms with van der Waals surface area (Å²) in [6.07, 6.45) is 7.27. The number of likely N-dealkylation sites (tertiary alicyclic amines) is 1. The van der Waals surface area contributed by atoms with Crippen molar-refractivity contribution in [1.82, 2.24) is 19.9 Å². The van der Waals surface area contributed by atoms with E-state index in [1.807, 2.05) is 53.6 Å². The smallest absolute Gasteiger partial charge is 0.253 e. The molecule has 1 aliphatic rings. The van der Waals surface area contributed by atoms with Gasteiger partial charge in [0.05, 0.1) is 17.3 Å². The monoisotopic (exact) mass is 445 g/mol. The zero-order chi connectivity index (χ0) is 23.3. The van der Waals surface area contributed by atoms with E-state index < -0.39 is 0 Å². The van der Waals surface area contributed by atoms with Crippen LogP contribution in [0.5, 0.6) is 0 Å². The molecule has 4 aromatic rings. The molecule has 2 aromatic heterocycles. The average Bonchev–Trinajstić information content (AvgIpc) is 2.93. The maximum Gasteiger partial charge on any atom is 0.253 e. The molecule has 1 aliphatic heterocycles. The summed E-state index contributed by atoms with van der Waals surface area (Å²) in [5.74, 6) is 0.755. The van der Waals surface area contributed by atoms with Crippen molar-refractivity contribution < 1.29 is 4.79 Å². The third-order valence-corrected chi connectivity index (χ3v) is 6.20. The number of nitrogens with zero attached hydrogens (tertiary/aromatic N) is 5. The molecule has 1 unspecified atom stereocenters. The number of nitriles is 1. The number of pyridine rings is 1. The van der Waals surface area contributed by atoms with Crippen LogP contribution >= 0.6 is 0 Å². The van der Waals surface area contributed by atoms with Crippen LogP contribution in [0, 0.1) is 11.3 Å². The van der Waals surface area contributed by atoms with Gasteiger partial charge >= 0.3 is 0 Å². The number of hydrogen-bond donors (Lipinski definition) is 0. The topological polar surface area (TPSA) is 82.8 Å². The van der Waals surface area contributed by atoms with Gasteiger partial charge in [0.15, 0.2) is 5.82 Å². The lowest BCUT2D eigenvalue weighted by molar-refractivity contribution is 0.0706. The second kappa shape index (κ2) is 9.63. The highest BCUT2D eigenvalue weighted by molar-refractivity contribution is 5.94. The molecular weight excluding hydrogens is 422 g/mol. The molecule has 1 saturated heterocycles. The van der Waals surface area contributed by atoms with Crippen LogP contribution in [0.15, 0.2) is 85.3 Å². The molecule has 1 amide bonds.